The minimum absolute atomic E-state index is 0.255. The van der Waals surface area contributed by atoms with E-state index in [0.29, 0.717) is 18.3 Å². The summed E-state index contributed by atoms with van der Waals surface area (Å²) in [6.45, 7) is 1.40. The van der Waals surface area contributed by atoms with Crippen LogP contribution in [-0.4, -0.2) is 16.2 Å². The summed E-state index contributed by atoms with van der Waals surface area (Å²) in [5.41, 5.74) is 1.25. The molecule has 0 fully saturated rings. The quantitative estimate of drug-likeness (QED) is 0.566. The molecule has 0 bridgehead atoms. The highest BCUT2D eigenvalue weighted by atomic mass is 79.9. The van der Waals surface area contributed by atoms with Gasteiger partial charge in [0.25, 0.3) is 0 Å². The molecule has 1 heterocycles. The molecule has 0 amide bonds. The van der Waals surface area contributed by atoms with E-state index in [1.54, 1.807) is 18.3 Å². The number of hydrogen-bond acceptors (Lipinski definition) is 2. The lowest BCUT2D eigenvalue weighted by Gasteiger charge is -2.19. The molecule has 124 valence electrons. The van der Waals surface area contributed by atoms with E-state index in [-0.39, 0.29) is 5.82 Å². The highest BCUT2D eigenvalue weighted by Gasteiger charge is 2.13. The number of ether oxygens (including phenoxy) is 1. The molecule has 0 aliphatic carbocycles. The van der Waals surface area contributed by atoms with Gasteiger partial charge >= 0.3 is 0 Å². The van der Waals surface area contributed by atoms with Crippen LogP contribution >= 0.6 is 15.9 Å². The Morgan fingerprint density at radius 3 is 2.71 bits per heavy atom. The summed E-state index contributed by atoms with van der Waals surface area (Å²) in [5, 5.41) is 0. The first-order chi connectivity index (χ1) is 11.7. The Hall–Kier alpha value is -2.14. The van der Waals surface area contributed by atoms with Crippen molar-refractivity contribution in [1.29, 1.82) is 0 Å². The molecule has 1 atom stereocenters. The summed E-state index contributed by atoms with van der Waals surface area (Å²) < 4.78 is 21.8. The molecule has 3 rings (SSSR count). The zero-order valence-electron chi connectivity index (χ0n) is 13.1. The molecular formula is C19H18BrFN2O. The Kier molecular flexibility index (Phi) is 5.64. The van der Waals surface area contributed by atoms with Crippen LogP contribution in [0.5, 0.6) is 5.75 Å². The summed E-state index contributed by atoms with van der Waals surface area (Å²) in [7, 11) is 0. The van der Waals surface area contributed by atoms with Gasteiger partial charge in [0.1, 0.15) is 11.6 Å². The Morgan fingerprint density at radius 1 is 1.17 bits per heavy atom. The van der Waals surface area contributed by atoms with E-state index < -0.39 is 0 Å². The fraction of sp³-hybridized carbons (Fsp3) is 0.211. The lowest BCUT2D eigenvalue weighted by Crippen LogP contribution is -2.12. The first-order valence-electron chi connectivity index (χ1n) is 7.80. The first kappa shape index (κ1) is 16.7. The fourth-order valence-corrected chi connectivity index (χ4v) is 3.04. The van der Waals surface area contributed by atoms with Crippen LogP contribution in [0.1, 0.15) is 17.9 Å². The van der Waals surface area contributed by atoms with Gasteiger partial charge < -0.3 is 9.30 Å². The fourth-order valence-electron chi connectivity index (χ4n) is 2.62. The molecule has 0 aliphatic rings. The molecule has 2 aromatic carbocycles. The van der Waals surface area contributed by atoms with E-state index in [9.17, 15) is 4.39 Å². The van der Waals surface area contributed by atoms with Gasteiger partial charge in [0.2, 0.25) is 0 Å². The van der Waals surface area contributed by atoms with Crippen molar-refractivity contribution in [3.8, 4) is 5.75 Å². The molecule has 3 aromatic rings. The normalized spacial score (nSPS) is 12.1. The zero-order chi connectivity index (χ0) is 16.8. The number of imidazole rings is 1. The molecule has 0 spiro atoms. The van der Waals surface area contributed by atoms with Crippen molar-refractivity contribution < 1.29 is 9.13 Å². The zero-order valence-corrected chi connectivity index (χ0v) is 14.7. The second kappa shape index (κ2) is 8.11. The number of halogens is 2. The molecular weight excluding hydrogens is 371 g/mol. The summed E-state index contributed by atoms with van der Waals surface area (Å²) in [6.07, 6.45) is 6.43. The van der Waals surface area contributed by atoms with Crippen LogP contribution in [0.15, 0.2) is 71.7 Å². The van der Waals surface area contributed by atoms with Crippen molar-refractivity contribution in [1.82, 2.24) is 9.55 Å². The van der Waals surface area contributed by atoms with Crippen LogP contribution in [0.25, 0.3) is 0 Å². The maximum absolute atomic E-state index is 12.9. The van der Waals surface area contributed by atoms with Gasteiger partial charge in [0, 0.05) is 29.3 Å². The lowest BCUT2D eigenvalue weighted by molar-refractivity contribution is 0.290. The lowest BCUT2D eigenvalue weighted by atomic mass is 9.96. The highest BCUT2D eigenvalue weighted by Crippen LogP contribution is 2.25. The smallest absolute Gasteiger partial charge is 0.123 e. The van der Waals surface area contributed by atoms with Gasteiger partial charge in [-0.3, -0.25) is 0 Å². The minimum Gasteiger partial charge on any atom is -0.494 e. The summed E-state index contributed by atoms with van der Waals surface area (Å²) in [6, 6.07) is 14.5. The molecule has 0 saturated carbocycles. The average molecular weight is 389 g/mol. The molecule has 0 saturated heterocycles. The second-order valence-electron chi connectivity index (χ2n) is 5.60. The molecule has 0 N–H and O–H groups in total. The van der Waals surface area contributed by atoms with E-state index in [0.717, 1.165) is 17.4 Å². The van der Waals surface area contributed by atoms with Crippen molar-refractivity contribution in [2.24, 2.45) is 0 Å². The monoisotopic (exact) mass is 388 g/mol. The van der Waals surface area contributed by atoms with Gasteiger partial charge in [-0.15, -0.1) is 0 Å². The van der Waals surface area contributed by atoms with Crippen molar-refractivity contribution in [3.05, 3.63) is 83.1 Å². The van der Waals surface area contributed by atoms with Gasteiger partial charge in [-0.05, 0) is 48.4 Å². The third kappa shape index (κ3) is 4.68. The standard InChI is InChI=1S/C19H18BrFN2O/c20-17-3-1-2-15(12-17)16(13-23-10-9-22-14-23)8-11-24-19-6-4-18(21)5-7-19/h1-7,9-10,12,14,16H,8,11,13H2. The molecule has 24 heavy (non-hydrogen) atoms. The van der Waals surface area contributed by atoms with Gasteiger partial charge in [-0.1, -0.05) is 28.1 Å². The van der Waals surface area contributed by atoms with Crippen LogP contribution in [-0.2, 0) is 6.54 Å². The molecule has 1 unspecified atom stereocenters. The number of rotatable bonds is 7. The van der Waals surface area contributed by atoms with E-state index in [2.05, 4.69) is 37.6 Å². The van der Waals surface area contributed by atoms with Gasteiger partial charge in [-0.2, -0.15) is 0 Å². The van der Waals surface area contributed by atoms with Gasteiger partial charge in [-0.25, -0.2) is 9.37 Å². The summed E-state index contributed by atoms with van der Waals surface area (Å²) in [5.74, 6) is 0.735. The van der Waals surface area contributed by atoms with E-state index in [4.69, 9.17) is 4.74 Å². The van der Waals surface area contributed by atoms with E-state index >= 15 is 0 Å². The van der Waals surface area contributed by atoms with Crippen molar-refractivity contribution in [2.45, 2.75) is 18.9 Å². The topological polar surface area (TPSA) is 27.1 Å². The largest absolute Gasteiger partial charge is 0.494 e. The Balaban J connectivity index is 1.66. The Labute approximate surface area is 149 Å². The number of aromatic nitrogens is 2. The van der Waals surface area contributed by atoms with E-state index in [1.165, 1.54) is 17.7 Å². The second-order valence-corrected chi connectivity index (χ2v) is 6.52. The van der Waals surface area contributed by atoms with Crippen LogP contribution in [0.4, 0.5) is 4.39 Å². The maximum atomic E-state index is 12.9. The first-order valence-corrected chi connectivity index (χ1v) is 8.59. The third-order valence-corrected chi connectivity index (χ3v) is 4.35. The van der Waals surface area contributed by atoms with E-state index in [1.807, 2.05) is 24.7 Å². The van der Waals surface area contributed by atoms with Gasteiger partial charge in [0.15, 0.2) is 0 Å². The van der Waals surface area contributed by atoms with Crippen LogP contribution < -0.4 is 4.74 Å². The summed E-state index contributed by atoms with van der Waals surface area (Å²) >= 11 is 3.53. The predicted molar refractivity (Wildman–Crippen MR) is 95.6 cm³/mol. The molecule has 1 aromatic heterocycles. The summed E-state index contributed by atoms with van der Waals surface area (Å²) in [4.78, 5) is 4.11. The number of nitrogens with zero attached hydrogens (tertiary/aromatic N) is 2. The molecule has 5 heteroatoms. The van der Waals surface area contributed by atoms with Crippen molar-refractivity contribution >= 4 is 15.9 Å². The molecule has 0 aliphatic heterocycles. The maximum Gasteiger partial charge on any atom is 0.123 e. The van der Waals surface area contributed by atoms with Crippen LogP contribution in [0.2, 0.25) is 0 Å². The predicted octanol–water partition coefficient (Wildman–Crippen LogP) is 5.04. The van der Waals surface area contributed by atoms with Crippen LogP contribution in [0, 0.1) is 5.82 Å². The van der Waals surface area contributed by atoms with Gasteiger partial charge in [0.05, 0.1) is 12.9 Å². The average Bonchev–Trinajstić information content (AvgIpc) is 3.09. The SMILES string of the molecule is Fc1ccc(OCCC(Cn2ccnc2)c2cccc(Br)c2)cc1. The number of benzene rings is 2. The molecule has 0 radical (unpaired) electrons. The molecule has 3 nitrogen and oxygen atoms in total. The Bertz CT molecular complexity index is 759. The van der Waals surface area contributed by atoms with Crippen molar-refractivity contribution in [2.75, 3.05) is 6.61 Å². The minimum atomic E-state index is -0.255. The van der Waals surface area contributed by atoms with Crippen molar-refractivity contribution in [3.63, 3.8) is 0 Å². The Morgan fingerprint density at radius 2 is 2.00 bits per heavy atom. The third-order valence-electron chi connectivity index (χ3n) is 3.86. The number of hydrogen-bond donors (Lipinski definition) is 0. The van der Waals surface area contributed by atoms with Crippen LogP contribution in [0.3, 0.4) is 0 Å². The highest BCUT2D eigenvalue weighted by molar-refractivity contribution is 9.10.